The van der Waals surface area contributed by atoms with Gasteiger partial charge in [0.15, 0.2) is 0 Å². The molecule has 0 saturated heterocycles. The lowest BCUT2D eigenvalue weighted by molar-refractivity contribution is 0.0696. The van der Waals surface area contributed by atoms with Gasteiger partial charge in [0.2, 0.25) is 0 Å². The van der Waals surface area contributed by atoms with E-state index in [4.69, 9.17) is 16.7 Å². The molecule has 0 bridgehead atoms. The van der Waals surface area contributed by atoms with Crippen LogP contribution in [0.3, 0.4) is 0 Å². The van der Waals surface area contributed by atoms with Gasteiger partial charge < -0.3 is 5.11 Å². The number of aromatic carboxylic acids is 1. The Hall–Kier alpha value is -1.59. The number of carboxylic acids is 1. The van der Waals surface area contributed by atoms with E-state index in [9.17, 15) is 9.18 Å². The van der Waals surface area contributed by atoms with Crippen molar-refractivity contribution in [3.63, 3.8) is 0 Å². The predicted octanol–water partition coefficient (Wildman–Crippen LogP) is 3.86. The van der Waals surface area contributed by atoms with Crippen LogP contribution in [0.1, 0.15) is 16.1 Å². The first-order valence-corrected chi connectivity index (χ1v) is 6.68. The number of halogens is 2. The summed E-state index contributed by atoms with van der Waals surface area (Å²) in [6, 6.07) is 7.04. The van der Waals surface area contributed by atoms with Crippen LogP contribution in [0.2, 0.25) is 5.02 Å². The molecule has 19 heavy (non-hydrogen) atoms. The first kappa shape index (κ1) is 13.8. The van der Waals surface area contributed by atoms with E-state index in [0.717, 1.165) is 6.07 Å². The SMILES string of the molecule is O=C(O)c1ccc(F)c(SCc2cc(Cl)ccn2)c1. The molecule has 0 radical (unpaired) electrons. The summed E-state index contributed by atoms with van der Waals surface area (Å²) < 4.78 is 13.6. The average Bonchev–Trinajstić information content (AvgIpc) is 2.37. The van der Waals surface area contributed by atoms with Crippen molar-refractivity contribution in [1.29, 1.82) is 0 Å². The lowest BCUT2D eigenvalue weighted by Crippen LogP contribution is -1.97. The Kier molecular flexibility index (Phi) is 4.39. The number of hydrogen-bond donors (Lipinski definition) is 1. The molecular weight excluding hydrogens is 289 g/mol. The highest BCUT2D eigenvalue weighted by Crippen LogP contribution is 2.26. The van der Waals surface area contributed by atoms with Crippen LogP contribution in [0.5, 0.6) is 0 Å². The Morgan fingerprint density at radius 2 is 2.16 bits per heavy atom. The van der Waals surface area contributed by atoms with E-state index < -0.39 is 11.8 Å². The fourth-order valence-corrected chi connectivity index (χ4v) is 2.49. The van der Waals surface area contributed by atoms with Gasteiger partial charge in [0.1, 0.15) is 5.82 Å². The largest absolute Gasteiger partial charge is 0.478 e. The zero-order valence-electron chi connectivity index (χ0n) is 9.64. The van der Waals surface area contributed by atoms with E-state index in [0.29, 0.717) is 16.5 Å². The number of nitrogens with zero attached hydrogens (tertiary/aromatic N) is 1. The Bertz CT molecular complexity index is 621. The highest BCUT2D eigenvalue weighted by atomic mass is 35.5. The molecule has 0 aliphatic rings. The van der Waals surface area contributed by atoms with Crippen molar-refractivity contribution >= 4 is 29.3 Å². The van der Waals surface area contributed by atoms with E-state index in [1.807, 2.05) is 0 Å². The number of carboxylic acid groups (broad SMARTS) is 1. The summed E-state index contributed by atoms with van der Waals surface area (Å²) in [5, 5.41) is 9.42. The van der Waals surface area contributed by atoms with Gasteiger partial charge in [0.05, 0.1) is 11.3 Å². The second-order valence-electron chi connectivity index (χ2n) is 3.70. The van der Waals surface area contributed by atoms with Gasteiger partial charge in [-0.2, -0.15) is 0 Å². The molecule has 0 aliphatic heterocycles. The summed E-state index contributed by atoms with van der Waals surface area (Å²) in [5.41, 5.74) is 0.764. The number of rotatable bonds is 4. The summed E-state index contributed by atoms with van der Waals surface area (Å²) >= 11 is 7.00. The molecule has 0 fully saturated rings. The first-order chi connectivity index (χ1) is 9.06. The van der Waals surface area contributed by atoms with E-state index in [2.05, 4.69) is 4.98 Å². The summed E-state index contributed by atoms with van der Waals surface area (Å²) in [5.74, 6) is -1.11. The minimum atomic E-state index is -1.08. The molecule has 6 heteroatoms. The molecule has 2 aromatic rings. The van der Waals surface area contributed by atoms with Crippen molar-refractivity contribution in [3.8, 4) is 0 Å². The topological polar surface area (TPSA) is 50.2 Å². The van der Waals surface area contributed by atoms with Crippen LogP contribution in [-0.2, 0) is 5.75 Å². The second-order valence-corrected chi connectivity index (χ2v) is 5.16. The quantitative estimate of drug-likeness (QED) is 0.871. The Morgan fingerprint density at radius 1 is 1.37 bits per heavy atom. The average molecular weight is 298 g/mol. The fourth-order valence-electron chi connectivity index (χ4n) is 1.43. The number of aromatic nitrogens is 1. The summed E-state index contributed by atoms with van der Waals surface area (Å²) in [4.78, 5) is 15.2. The summed E-state index contributed by atoms with van der Waals surface area (Å²) in [7, 11) is 0. The Morgan fingerprint density at radius 3 is 2.84 bits per heavy atom. The van der Waals surface area contributed by atoms with Gasteiger partial charge in [0.25, 0.3) is 0 Å². The normalized spacial score (nSPS) is 10.4. The van der Waals surface area contributed by atoms with Gasteiger partial charge in [-0.25, -0.2) is 9.18 Å². The van der Waals surface area contributed by atoms with Crippen LogP contribution in [0.4, 0.5) is 4.39 Å². The highest BCUT2D eigenvalue weighted by Gasteiger charge is 2.09. The predicted molar refractivity (Wildman–Crippen MR) is 72.2 cm³/mol. The number of thioether (sulfide) groups is 1. The van der Waals surface area contributed by atoms with Crippen LogP contribution in [0, 0.1) is 5.82 Å². The minimum Gasteiger partial charge on any atom is -0.478 e. The van der Waals surface area contributed by atoms with Crippen LogP contribution in [0.15, 0.2) is 41.4 Å². The van der Waals surface area contributed by atoms with Crippen LogP contribution in [0.25, 0.3) is 0 Å². The maximum absolute atomic E-state index is 13.6. The first-order valence-electron chi connectivity index (χ1n) is 5.32. The lowest BCUT2D eigenvalue weighted by atomic mass is 10.2. The van der Waals surface area contributed by atoms with Crippen LogP contribution < -0.4 is 0 Å². The molecular formula is C13H9ClFNO2S. The van der Waals surface area contributed by atoms with Crippen LogP contribution in [-0.4, -0.2) is 16.1 Å². The Labute approximate surface area is 118 Å². The molecule has 0 unspecified atom stereocenters. The second kappa shape index (κ2) is 6.04. The maximum atomic E-state index is 13.6. The molecule has 0 amide bonds. The lowest BCUT2D eigenvalue weighted by Gasteiger charge is -2.04. The standard InChI is InChI=1S/C13H9ClFNO2S/c14-9-3-4-16-10(6-9)7-19-12-5-8(13(17)18)1-2-11(12)15/h1-6H,7H2,(H,17,18). The van der Waals surface area contributed by atoms with Crippen molar-refractivity contribution in [2.45, 2.75) is 10.6 Å². The molecule has 1 aromatic heterocycles. The smallest absolute Gasteiger partial charge is 0.335 e. The zero-order chi connectivity index (χ0) is 13.8. The molecule has 1 aromatic carbocycles. The molecule has 2 rings (SSSR count). The number of carbonyl (C=O) groups is 1. The van der Waals surface area contributed by atoms with Gasteiger partial charge in [-0.1, -0.05) is 11.6 Å². The van der Waals surface area contributed by atoms with Gasteiger partial charge in [-0.05, 0) is 30.3 Å². The van der Waals surface area contributed by atoms with Crippen molar-refractivity contribution in [2.75, 3.05) is 0 Å². The monoisotopic (exact) mass is 297 g/mol. The van der Waals surface area contributed by atoms with Gasteiger partial charge >= 0.3 is 5.97 Å². The van der Waals surface area contributed by atoms with Crippen LogP contribution >= 0.6 is 23.4 Å². The van der Waals surface area contributed by atoms with Crippen molar-refractivity contribution in [2.24, 2.45) is 0 Å². The molecule has 1 heterocycles. The van der Waals surface area contributed by atoms with E-state index in [1.165, 1.54) is 23.9 Å². The van der Waals surface area contributed by atoms with Crippen molar-refractivity contribution in [3.05, 3.63) is 58.6 Å². The molecule has 1 N–H and O–H groups in total. The Balaban J connectivity index is 2.15. The minimum absolute atomic E-state index is 0.0583. The molecule has 0 spiro atoms. The third kappa shape index (κ3) is 3.68. The van der Waals surface area contributed by atoms with Gasteiger partial charge in [0, 0.05) is 21.9 Å². The van der Waals surface area contributed by atoms with E-state index in [1.54, 1.807) is 18.3 Å². The highest BCUT2D eigenvalue weighted by molar-refractivity contribution is 7.98. The zero-order valence-corrected chi connectivity index (χ0v) is 11.2. The third-order valence-electron chi connectivity index (χ3n) is 2.33. The summed E-state index contributed by atoms with van der Waals surface area (Å²) in [6.45, 7) is 0. The number of pyridine rings is 1. The van der Waals surface area contributed by atoms with Gasteiger partial charge in [-0.15, -0.1) is 11.8 Å². The molecule has 3 nitrogen and oxygen atoms in total. The molecule has 0 atom stereocenters. The maximum Gasteiger partial charge on any atom is 0.335 e. The van der Waals surface area contributed by atoms with Crippen molar-refractivity contribution < 1.29 is 14.3 Å². The number of hydrogen-bond acceptors (Lipinski definition) is 3. The summed E-state index contributed by atoms with van der Waals surface area (Å²) in [6.07, 6.45) is 1.57. The third-order valence-corrected chi connectivity index (χ3v) is 3.63. The van der Waals surface area contributed by atoms with E-state index >= 15 is 0 Å². The van der Waals surface area contributed by atoms with E-state index in [-0.39, 0.29) is 10.5 Å². The molecule has 0 saturated carbocycles. The molecule has 98 valence electrons. The fraction of sp³-hybridized carbons (Fsp3) is 0.0769. The van der Waals surface area contributed by atoms with Gasteiger partial charge in [-0.3, -0.25) is 4.98 Å². The molecule has 0 aliphatic carbocycles. The van der Waals surface area contributed by atoms with Crippen molar-refractivity contribution in [1.82, 2.24) is 4.98 Å². The number of benzene rings is 1.